The highest BCUT2D eigenvalue weighted by Gasteiger charge is 2.19. The summed E-state index contributed by atoms with van der Waals surface area (Å²) < 4.78 is 24.0. The summed E-state index contributed by atoms with van der Waals surface area (Å²) in [6.45, 7) is 3.35. The van der Waals surface area contributed by atoms with Crippen molar-refractivity contribution in [2.45, 2.75) is 17.7 Å². The van der Waals surface area contributed by atoms with E-state index in [1.165, 1.54) is 12.1 Å². The van der Waals surface area contributed by atoms with E-state index in [9.17, 15) is 13.2 Å². The summed E-state index contributed by atoms with van der Waals surface area (Å²) in [5, 5.41) is 0. The second kappa shape index (κ2) is 5.45. The molecule has 0 amide bonds. The fourth-order valence-corrected chi connectivity index (χ4v) is 2.63. The molecule has 0 aliphatic carbocycles. The van der Waals surface area contributed by atoms with Crippen molar-refractivity contribution in [3.63, 3.8) is 0 Å². The standard InChI is InChI=1S/C12H12O3S/c1-2-11(9-6-10-13)16(14,15)12-7-4-3-5-8-12/h3-5,7-8,10H,1,6,9H2. The lowest BCUT2D eigenvalue weighted by atomic mass is 10.3. The van der Waals surface area contributed by atoms with Gasteiger partial charge in [-0.3, -0.25) is 0 Å². The maximum Gasteiger partial charge on any atom is 0.210 e. The number of carbonyl (C=O) groups excluding carboxylic acids is 1. The Labute approximate surface area is 95.0 Å². The summed E-state index contributed by atoms with van der Waals surface area (Å²) in [5.74, 6) is 0. The molecule has 0 unspecified atom stereocenters. The molecule has 0 fully saturated rings. The van der Waals surface area contributed by atoms with Crippen LogP contribution in [0, 0.1) is 0 Å². The van der Waals surface area contributed by atoms with Crippen LogP contribution in [0.4, 0.5) is 0 Å². The smallest absolute Gasteiger partial charge is 0.210 e. The van der Waals surface area contributed by atoms with E-state index in [2.05, 4.69) is 12.3 Å². The molecule has 0 saturated heterocycles. The highest BCUT2D eigenvalue weighted by atomic mass is 32.2. The molecule has 3 nitrogen and oxygen atoms in total. The van der Waals surface area contributed by atoms with Gasteiger partial charge in [0.25, 0.3) is 0 Å². The van der Waals surface area contributed by atoms with Crippen molar-refractivity contribution in [1.29, 1.82) is 0 Å². The molecule has 1 rings (SSSR count). The van der Waals surface area contributed by atoms with Crippen LogP contribution < -0.4 is 0 Å². The van der Waals surface area contributed by atoms with Crippen LogP contribution in [0.3, 0.4) is 0 Å². The molecule has 0 atom stereocenters. The number of allylic oxidation sites excluding steroid dienone is 1. The number of hydrogen-bond acceptors (Lipinski definition) is 3. The second-order valence-corrected chi connectivity index (χ2v) is 5.09. The van der Waals surface area contributed by atoms with Gasteiger partial charge in [-0.1, -0.05) is 24.8 Å². The van der Waals surface area contributed by atoms with Gasteiger partial charge in [0, 0.05) is 6.42 Å². The average molecular weight is 236 g/mol. The molecular formula is C12H12O3S. The molecule has 0 saturated carbocycles. The van der Waals surface area contributed by atoms with Gasteiger partial charge in [0.15, 0.2) is 0 Å². The monoisotopic (exact) mass is 236 g/mol. The molecule has 0 radical (unpaired) electrons. The highest BCUT2D eigenvalue weighted by Crippen LogP contribution is 2.21. The first-order valence-corrected chi connectivity index (χ1v) is 6.24. The third kappa shape index (κ3) is 2.69. The Bertz CT molecular complexity index is 508. The zero-order valence-electron chi connectivity index (χ0n) is 8.72. The molecule has 1 aromatic carbocycles. The third-order valence-electron chi connectivity index (χ3n) is 2.06. The summed E-state index contributed by atoms with van der Waals surface area (Å²) in [4.78, 5) is 10.5. The van der Waals surface area contributed by atoms with Crippen molar-refractivity contribution in [2.24, 2.45) is 0 Å². The van der Waals surface area contributed by atoms with Crippen LogP contribution in [-0.2, 0) is 14.6 Å². The number of benzene rings is 1. The number of aldehydes is 1. The van der Waals surface area contributed by atoms with Crippen molar-refractivity contribution >= 4 is 16.1 Å². The largest absolute Gasteiger partial charge is 0.303 e. The Kier molecular flexibility index (Phi) is 4.23. The number of hydrogen-bond donors (Lipinski definition) is 0. The predicted octanol–water partition coefficient (Wildman–Crippen LogP) is 2.11. The summed E-state index contributed by atoms with van der Waals surface area (Å²) in [6, 6.07) is 8.05. The lowest BCUT2D eigenvalue weighted by molar-refractivity contribution is -0.107. The highest BCUT2D eigenvalue weighted by molar-refractivity contribution is 7.95. The van der Waals surface area contributed by atoms with Gasteiger partial charge in [0.1, 0.15) is 6.29 Å². The second-order valence-electron chi connectivity index (χ2n) is 3.12. The maximum atomic E-state index is 12.0. The molecule has 0 aliphatic heterocycles. The Morgan fingerprint density at radius 1 is 1.31 bits per heavy atom. The van der Waals surface area contributed by atoms with Crippen LogP contribution in [0.25, 0.3) is 0 Å². The van der Waals surface area contributed by atoms with Crippen LogP contribution in [-0.4, -0.2) is 14.7 Å². The minimum Gasteiger partial charge on any atom is -0.303 e. The topological polar surface area (TPSA) is 51.2 Å². The SMILES string of the molecule is C=C=C(CCC=O)S(=O)(=O)c1ccccc1. The molecule has 0 spiro atoms. The van der Waals surface area contributed by atoms with Crippen LogP contribution >= 0.6 is 0 Å². The van der Waals surface area contributed by atoms with Gasteiger partial charge in [0.05, 0.1) is 9.80 Å². The van der Waals surface area contributed by atoms with Crippen LogP contribution in [0.15, 0.2) is 52.4 Å². The minimum atomic E-state index is -3.54. The normalized spacial score (nSPS) is 10.5. The Morgan fingerprint density at radius 3 is 2.44 bits per heavy atom. The zero-order valence-corrected chi connectivity index (χ0v) is 9.53. The van der Waals surface area contributed by atoms with Gasteiger partial charge >= 0.3 is 0 Å². The predicted molar refractivity (Wildman–Crippen MR) is 61.6 cm³/mol. The molecule has 0 aliphatic rings. The Morgan fingerprint density at radius 2 is 1.94 bits per heavy atom. The molecule has 1 aromatic rings. The quantitative estimate of drug-likeness (QED) is 0.581. The molecule has 0 bridgehead atoms. The Balaban J connectivity index is 3.11. The van der Waals surface area contributed by atoms with Gasteiger partial charge in [-0.15, -0.1) is 5.73 Å². The number of rotatable bonds is 5. The van der Waals surface area contributed by atoms with Gasteiger partial charge in [-0.05, 0) is 18.6 Å². The van der Waals surface area contributed by atoms with Crippen LogP contribution in [0.1, 0.15) is 12.8 Å². The number of sulfone groups is 1. The molecule has 84 valence electrons. The van der Waals surface area contributed by atoms with Crippen molar-refractivity contribution < 1.29 is 13.2 Å². The van der Waals surface area contributed by atoms with Crippen molar-refractivity contribution in [3.05, 3.63) is 47.5 Å². The average Bonchev–Trinajstić information content (AvgIpc) is 2.31. The first kappa shape index (κ1) is 12.4. The summed E-state index contributed by atoms with van der Waals surface area (Å²) in [5.41, 5.74) is 2.40. The molecule has 4 heteroatoms. The molecular weight excluding hydrogens is 224 g/mol. The minimum absolute atomic E-state index is 0.0609. The molecule has 0 aromatic heterocycles. The third-order valence-corrected chi connectivity index (χ3v) is 3.95. The first-order chi connectivity index (χ1) is 7.62. The van der Waals surface area contributed by atoms with Crippen molar-refractivity contribution in [3.8, 4) is 0 Å². The summed E-state index contributed by atoms with van der Waals surface area (Å²) >= 11 is 0. The van der Waals surface area contributed by atoms with E-state index in [4.69, 9.17) is 0 Å². The summed E-state index contributed by atoms with van der Waals surface area (Å²) in [6.07, 6.45) is 0.978. The number of carbonyl (C=O) groups is 1. The summed E-state index contributed by atoms with van der Waals surface area (Å²) in [7, 11) is -3.54. The van der Waals surface area contributed by atoms with Gasteiger partial charge in [-0.2, -0.15) is 0 Å². The lowest BCUT2D eigenvalue weighted by Crippen LogP contribution is -2.04. The van der Waals surface area contributed by atoms with Crippen molar-refractivity contribution in [2.75, 3.05) is 0 Å². The van der Waals surface area contributed by atoms with E-state index in [0.29, 0.717) is 6.29 Å². The van der Waals surface area contributed by atoms with Crippen molar-refractivity contribution in [1.82, 2.24) is 0 Å². The van der Waals surface area contributed by atoms with Gasteiger partial charge in [0.2, 0.25) is 9.84 Å². The first-order valence-electron chi connectivity index (χ1n) is 4.75. The van der Waals surface area contributed by atoms with E-state index in [0.717, 1.165) is 0 Å². The van der Waals surface area contributed by atoms with Gasteiger partial charge in [-0.25, -0.2) is 8.42 Å². The van der Waals surface area contributed by atoms with Crippen LogP contribution in [0.2, 0.25) is 0 Å². The van der Waals surface area contributed by atoms with E-state index >= 15 is 0 Å². The maximum absolute atomic E-state index is 12.0. The van der Waals surface area contributed by atoms with Gasteiger partial charge < -0.3 is 4.79 Å². The lowest BCUT2D eigenvalue weighted by Gasteiger charge is -2.04. The Hall–Kier alpha value is -1.64. The van der Waals surface area contributed by atoms with E-state index in [1.807, 2.05) is 0 Å². The zero-order chi connectivity index (χ0) is 12.0. The fraction of sp³-hybridized carbons (Fsp3) is 0.167. The fourth-order valence-electron chi connectivity index (χ4n) is 1.25. The van der Waals surface area contributed by atoms with E-state index in [-0.39, 0.29) is 22.6 Å². The van der Waals surface area contributed by atoms with E-state index < -0.39 is 9.84 Å². The molecule has 16 heavy (non-hydrogen) atoms. The van der Waals surface area contributed by atoms with Crippen LogP contribution in [0.5, 0.6) is 0 Å². The molecule has 0 N–H and O–H groups in total. The molecule has 0 heterocycles. The van der Waals surface area contributed by atoms with E-state index in [1.54, 1.807) is 18.2 Å².